The van der Waals surface area contributed by atoms with Gasteiger partial charge >= 0.3 is 126 Å². The molecule has 0 N–H and O–H groups in total. The SMILES string of the molecule is COc1ccc(/C=C2/CC2C[Se]c2ccccc2)cc1. The van der Waals surface area contributed by atoms with Gasteiger partial charge in [0.25, 0.3) is 0 Å². The molecule has 2 aromatic rings. The van der Waals surface area contributed by atoms with Gasteiger partial charge in [-0.2, -0.15) is 0 Å². The van der Waals surface area contributed by atoms with E-state index in [0.717, 1.165) is 11.7 Å². The number of benzene rings is 2. The third kappa shape index (κ3) is 3.53. The minimum absolute atomic E-state index is 0.613. The molecule has 1 aliphatic rings. The van der Waals surface area contributed by atoms with Gasteiger partial charge in [-0.25, -0.2) is 0 Å². The molecular weight excluding hydrogens is 311 g/mol. The Kier molecular flexibility index (Phi) is 4.25. The van der Waals surface area contributed by atoms with Crippen LogP contribution in [0.5, 0.6) is 5.75 Å². The first-order valence-corrected chi connectivity index (χ1v) is 8.94. The maximum absolute atomic E-state index is 5.18. The van der Waals surface area contributed by atoms with E-state index in [1.807, 2.05) is 12.1 Å². The van der Waals surface area contributed by atoms with Gasteiger partial charge in [0.2, 0.25) is 0 Å². The fourth-order valence-electron chi connectivity index (χ4n) is 2.20. The van der Waals surface area contributed by atoms with Gasteiger partial charge in [-0.3, -0.25) is 0 Å². The summed E-state index contributed by atoms with van der Waals surface area (Å²) in [6.07, 6.45) is 3.62. The van der Waals surface area contributed by atoms with Crippen molar-refractivity contribution in [2.24, 2.45) is 5.92 Å². The molecule has 102 valence electrons. The average molecular weight is 329 g/mol. The minimum atomic E-state index is 0.613. The molecule has 2 aromatic carbocycles. The Morgan fingerprint density at radius 1 is 1.10 bits per heavy atom. The molecule has 0 radical (unpaired) electrons. The second-order valence-electron chi connectivity index (χ2n) is 5.02. The second kappa shape index (κ2) is 6.30. The van der Waals surface area contributed by atoms with Crippen LogP contribution in [0, 0.1) is 5.92 Å². The fourth-order valence-corrected chi connectivity index (χ4v) is 4.45. The Morgan fingerprint density at radius 3 is 2.55 bits per heavy atom. The summed E-state index contributed by atoms with van der Waals surface area (Å²) in [6.45, 7) is 0. The van der Waals surface area contributed by atoms with E-state index < -0.39 is 0 Å². The molecular formula is C18H18OSe. The first-order chi connectivity index (χ1) is 9.85. The molecule has 1 fully saturated rings. The van der Waals surface area contributed by atoms with Crippen LogP contribution in [0.25, 0.3) is 6.08 Å². The molecule has 0 aliphatic heterocycles. The molecule has 0 saturated heterocycles. The fraction of sp³-hybridized carbons (Fsp3) is 0.222. The molecule has 1 aliphatic carbocycles. The van der Waals surface area contributed by atoms with Gasteiger partial charge in [-0.1, -0.05) is 0 Å². The molecule has 0 spiro atoms. The third-order valence-electron chi connectivity index (χ3n) is 3.51. The standard InChI is InChI=1S/C18H18OSe/c1-19-17-9-7-14(8-10-17)11-15-12-16(15)13-20-18-5-3-2-4-6-18/h2-11,16H,12-13H2,1H3/b15-11-. The van der Waals surface area contributed by atoms with Gasteiger partial charge < -0.3 is 0 Å². The normalized spacial score (nSPS) is 19.1. The molecule has 20 heavy (non-hydrogen) atoms. The number of methoxy groups -OCH3 is 1. The summed E-state index contributed by atoms with van der Waals surface area (Å²) in [5.74, 6) is 1.74. The number of hydrogen-bond donors (Lipinski definition) is 0. The molecule has 0 bridgehead atoms. The van der Waals surface area contributed by atoms with Crippen molar-refractivity contribution in [2.45, 2.75) is 11.7 Å². The average Bonchev–Trinajstić information content (AvgIpc) is 3.25. The summed E-state index contributed by atoms with van der Waals surface area (Å²) in [7, 11) is 1.70. The zero-order valence-electron chi connectivity index (χ0n) is 11.6. The summed E-state index contributed by atoms with van der Waals surface area (Å²) in [5.41, 5.74) is 2.89. The monoisotopic (exact) mass is 330 g/mol. The zero-order valence-corrected chi connectivity index (χ0v) is 13.3. The van der Waals surface area contributed by atoms with E-state index in [0.29, 0.717) is 15.0 Å². The Morgan fingerprint density at radius 2 is 1.85 bits per heavy atom. The predicted octanol–water partition coefficient (Wildman–Crippen LogP) is 3.55. The first-order valence-electron chi connectivity index (χ1n) is 6.87. The summed E-state index contributed by atoms with van der Waals surface area (Å²) < 4.78 is 6.69. The Hall–Kier alpha value is -1.50. The van der Waals surface area contributed by atoms with E-state index in [2.05, 4.69) is 48.5 Å². The van der Waals surface area contributed by atoms with Crippen molar-refractivity contribution >= 4 is 25.5 Å². The van der Waals surface area contributed by atoms with E-state index in [9.17, 15) is 0 Å². The number of ether oxygens (including phenoxy) is 1. The second-order valence-corrected chi connectivity index (χ2v) is 7.31. The molecule has 0 heterocycles. The van der Waals surface area contributed by atoms with Crippen molar-refractivity contribution in [1.82, 2.24) is 0 Å². The molecule has 1 nitrogen and oxygen atoms in total. The van der Waals surface area contributed by atoms with Crippen LogP contribution >= 0.6 is 0 Å². The van der Waals surface area contributed by atoms with Crippen LogP contribution in [0.4, 0.5) is 0 Å². The number of hydrogen-bond acceptors (Lipinski definition) is 1. The van der Waals surface area contributed by atoms with Crippen LogP contribution in [0.15, 0.2) is 60.2 Å². The Bertz CT molecular complexity index is 587. The summed E-state index contributed by atoms with van der Waals surface area (Å²) >= 11 is 0.613. The van der Waals surface area contributed by atoms with Crippen molar-refractivity contribution < 1.29 is 4.74 Å². The Labute approximate surface area is 126 Å². The van der Waals surface area contributed by atoms with Gasteiger partial charge in [0.05, 0.1) is 0 Å². The Balaban J connectivity index is 1.54. The van der Waals surface area contributed by atoms with E-state index >= 15 is 0 Å². The van der Waals surface area contributed by atoms with E-state index in [4.69, 9.17) is 4.74 Å². The van der Waals surface area contributed by atoms with E-state index in [1.165, 1.54) is 21.8 Å². The van der Waals surface area contributed by atoms with Crippen LogP contribution < -0.4 is 9.20 Å². The topological polar surface area (TPSA) is 9.23 Å². The van der Waals surface area contributed by atoms with Gasteiger partial charge in [0, 0.05) is 0 Å². The van der Waals surface area contributed by atoms with Crippen LogP contribution in [0.1, 0.15) is 12.0 Å². The van der Waals surface area contributed by atoms with E-state index in [1.54, 1.807) is 12.7 Å². The predicted molar refractivity (Wildman–Crippen MR) is 85.7 cm³/mol. The molecule has 1 unspecified atom stereocenters. The van der Waals surface area contributed by atoms with Crippen LogP contribution in [-0.2, 0) is 0 Å². The van der Waals surface area contributed by atoms with E-state index in [-0.39, 0.29) is 0 Å². The van der Waals surface area contributed by atoms with Crippen LogP contribution in [-0.4, -0.2) is 22.1 Å². The number of rotatable bonds is 5. The van der Waals surface area contributed by atoms with Gasteiger partial charge in [-0.15, -0.1) is 0 Å². The van der Waals surface area contributed by atoms with Crippen molar-refractivity contribution in [3.05, 3.63) is 65.7 Å². The zero-order chi connectivity index (χ0) is 13.8. The summed E-state index contributed by atoms with van der Waals surface area (Å²) in [6, 6.07) is 19.2. The molecule has 3 rings (SSSR count). The van der Waals surface area contributed by atoms with Crippen molar-refractivity contribution in [3.63, 3.8) is 0 Å². The number of allylic oxidation sites excluding steroid dienone is 1. The maximum atomic E-state index is 5.18. The van der Waals surface area contributed by atoms with Crippen molar-refractivity contribution in [1.29, 1.82) is 0 Å². The van der Waals surface area contributed by atoms with Crippen molar-refractivity contribution in [3.8, 4) is 5.75 Å². The first kappa shape index (κ1) is 13.5. The molecule has 1 atom stereocenters. The molecule has 2 heteroatoms. The van der Waals surface area contributed by atoms with Gasteiger partial charge in [-0.05, 0) is 0 Å². The molecule has 0 aromatic heterocycles. The quantitative estimate of drug-likeness (QED) is 0.763. The van der Waals surface area contributed by atoms with Crippen LogP contribution in [0.2, 0.25) is 5.32 Å². The summed E-state index contributed by atoms with van der Waals surface area (Å²) in [4.78, 5) is 0. The van der Waals surface area contributed by atoms with Gasteiger partial charge in [0.15, 0.2) is 0 Å². The molecule has 1 saturated carbocycles. The van der Waals surface area contributed by atoms with Crippen molar-refractivity contribution in [2.75, 3.05) is 7.11 Å². The van der Waals surface area contributed by atoms with Gasteiger partial charge in [0.1, 0.15) is 0 Å². The molecule has 0 amide bonds. The third-order valence-corrected chi connectivity index (χ3v) is 5.97. The van der Waals surface area contributed by atoms with Crippen LogP contribution in [0.3, 0.4) is 0 Å². The summed E-state index contributed by atoms with van der Waals surface area (Å²) in [5, 5.41) is 1.33.